The van der Waals surface area contributed by atoms with Gasteiger partial charge in [-0.2, -0.15) is 0 Å². The van der Waals surface area contributed by atoms with E-state index >= 15 is 0 Å². The molecular formula is C17H27BrN2O3. The third-order valence-corrected chi connectivity index (χ3v) is 3.57. The van der Waals surface area contributed by atoms with Gasteiger partial charge in [0.25, 0.3) is 0 Å². The van der Waals surface area contributed by atoms with Crippen molar-refractivity contribution in [1.29, 1.82) is 0 Å². The molecule has 5 nitrogen and oxygen atoms in total. The largest absolute Gasteiger partial charge is 0.496 e. The summed E-state index contributed by atoms with van der Waals surface area (Å²) in [4.78, 5) is 11.8. The van der Waals surface area contributed by atoms with Crippen molar-refractivity contribution in [1.82, 2.24) is 10.6 Å². The maximum absolute atomic E-state index is 11.8. The van der Waals surface area contributed by atoms with Gasteiger partial charge >= 0.3 is 6.09 Å². The van der Waals surface area contributed by atoms with Crippen molar-refractivity contribution in [3.05, 3.63) is 28.2 Å². The van der Waals surface area contributed by atoms with Gasteiger partial charge in [0.15, 0.2) is 0 Å². The van der Waals surface area contributed by atoms with Gasteiger partial charge in [0, 0.05) is 13.1 Å². The van der Waals surface area contributed by atoms with Crippen LogP contribution in [0.15, 0.2) is 22.7 Å². The van der Waals surface area contributed by atoms with Crippen LogP contribution in [0.2, 0.25) is 0 Å². The van der Waals surface area contributed by atoms with Gasteiger partial charge in [0.2, 0.25) is 0 Å². The van der Waals surface area contributed by atoms with Crippen molar-refractivity contribution in [2.45, 2.75) is 52.3 Å². The van der Waals surface area contributed by atoms with E-state index < -0.39 is 17.2 Å². The Labute approximate surface area is 147 Å². The highest BCUT2D eigenvalue weighted by molar-refractivity contribution is 9.10. The van der Waals surface area contributed by atoms with Crippen LogP contribution in [0.4, 0.5) is 4.79 Å². The van der Waals surface area contributed by atoms with E-state index in [0.717, 1.165) is 15.8 Å². The molecule has 1 aromatic rings. The van der Waals surface area contributed by atoms with Gasteiger partial charge in [0.05, 0.1) is 17.1 Å². The maximum atomic E-state index is 11.8. The Morgan fingerprint density at radius 1 is 1.22 bits per heavy atom. The van der Waals surface area contributed by atoms with Crippen LogP contribution in [-0.4, -0.2) is 30.9 Å². The lowest BCUT2D eigenvalue weighted by Crippen LogP contribution is -2.51. The van der Waals surface area contributed by atoms with Crippen molar-refractivity contribution in [3.63, 3.8) is 0 Å². The van der Waals surface area contributed by atoms with Gasteiger partial charge in [-0.15, -0.1) is 0 Å². The number of hydrogen-bond donors (Lipinski definition) is 2. The summed E-state index contributed by atoms with van der Waals surface area (Å²) in [7, 11) is 1.64. The SMILES string of the molecule is COc1ccc(CNCC(C)(C)NC(=O)OC(C)(C)C)cc1Br. The van der Waals surface area contributed by atoms with E-state index in [0.29, 0.717) is 13.1 Å². The van der Waals surface area contributed by atoms with Crippen LogP contribution in [-0.2, 0) is 11.3 Å². The number of alkyl carbamates (subject to hydrolysis) is 1. The number of carbonyl (C=O) groups is 1. The van der Waals surface area contributed by atoms with Crippen LogP contribution in [0.1, 0.15) is 40.2 Å². The zero-order valence-corrected chi connectivity index (χ0v) is 16.3. The Bertz CT molecular complexity index is 539. The van der Waals surface area contributed by atoms with E-state index in [1.165, 1.54) is 0 Å². The summed E-state index contributed by atoms with van der Waals surface area (Å²) in [6, 6.07) is 5.94. The van der Waals surface area contributed by atoms with Crippen molar-refractivity contribution in [3.8, 4) is 5.75 Å². The third kappa shape index (κ3) is 7.70. The first kappa shape index (κ1) is 19.8. The smallest absolute Gasteiger partial charge is 0.408 e. The van der Waals surface area contributed by atoms with E-state index in [-0.39, 0.29) is 0 Å². The molecule has 0 radical (unpaired) electrons. The molecule has 6 heteroatoms. The molecule has 0 heterocycles. The average Bonchev–Trinajstić information content (AvgIpc) is 2.35. The fraction of sp³-hybridized carbons (Fsp3) is 0.588. The Morgan fingerprint density at radius 2 is 1.87 bits per heavy atom. The van der Waals surface area contributed by atoms with Crippen LogP contribution in [0.3, 0.4) is 0 Å². The Morgan fingerprint density at radius 3 is 2.39 bits per heavy atom. The van der Waals surface area contributed by atoms with Gasteiger partial charge in [-0.3, -0.25) is 0 Å². The molecule has 130 valence electrons. The number of halogens is 1. The second kappa shape index (κ2) is 8.02. The number of amides is 1. The summed E-state index contributed by atoms with van der Waals surface area (Å²) in [5.74, 6) is 0.806. The molecule has 0 aliphatic rings. The molecule has 1 aromatic carbocycles. The van der Waals surface area contributed by atoms with Crippen LogP contribution in [0.5, 0.6) is 5.75 Å². The van der Waals surface area contributed by atoms with Gasteiger partial charge in [-0.25, -0.2) is 4.79 Å². The number of carbonyl (C=O) groups excluding carboxylic acids is 1. The van der Waals surface area contributed by atoms with Crippen LogP contribution in [0, 0.1) is 0 Å². The maximum Gasteiger partial charge on any atom is 0.408 e. The molecule has 0 aliphatic carbocycles. The summed E-state index contributed by atoms with van der Waals surface area (Å²) in [5, 5.41) is 6.22. The number of hydrogen-bond acceptors (Lipinski definition) is 4. The second-order valence-electron chi connectivity index (χ2n) is 7.08. The van der Waals surface area contributed by atoms with Crippen LogP contribution < -0.4 is 15.4 Å². The van der Waals surface area contributed by atoms with Gasteiger partial charge in [-0.1, -0.05) is 6.07 Å². The van der Waals surface area contributed by atoms with E-state index in [2.05, 4.69) is 26.6 Å². The first-order valence-electron chi connectivity index (χ1n) is 7.57. The van der Waals surface area contributed by atoms with E-state index in [9.17, 15) is 4.79 Å². The molecule has 0 bridgehead atoms. The molecule has 0 saturated carbocycles. The summed E-state index contributed by atoms with van der Waals surface area (Å²) >= 11 is 3.47. The van der Waals surface area contributed by atoms with Gasteiger partial charge in [-0.05, 0) is 68.2 Å². The number of rotatable bonds is 6. The number of benzene rings is 1. The van der Waals surface area contributed by atoms with Crippen molar-refractivity contribution in [2.75, 3.05) is 13.7 Å². The van der Waals surface area contributed by atoms with Crippen molar-refractivity contribution in [2.24, 2.45) is 0 Å². The van der Waals surface area contributed by atoms with Crippen LogP contribution >= 0.6 is 15.9 Å². The molecule has 0 aliphatic heterocycles. The van der Waals surface area contributed by atoms with Crippen molar-refractivity contribution < 1.29 is 14.3 Å². The monoisotopic (exact) mass is 386 g/mol. The summed E-state index contributed by atoms with van der Waals surface area (Å²) in [6.07, 6.45) is -0.406. The summed E-state index contributed by atoms with van der Waals surface area (Å²) in [6.45, 7) is 10.8. The second-order valence-corrected chi connectivity index (χ2v) is 7.94. The Balaban J connectivity index is 2.47. The average molecular weight is 387 g/mol. The predicted octanol–water partition coefficient (Wildman–Crippen LogP) is 3.85. The van der Waals surface area contributed by atoms with Crippen LogP contribution in [0.25, 0.3) is 0 Å². The highest BCUT2D eigenvalue weighted by Gasteiger charge is 2.24. The Hall–Kier alpha value is -1.27. The number of methoxy groups -OCH3 is 1. The lowest BCUT2D eigenvalue weighted by Gasteiger charge is -2.29. The minimum atomic E-state index is -0.497. The minimum absolute atomic E-state index is 0.406. The topological polar surface area (TPSA) is 59.6 Å². The molecule has 1 amide bonds. The lowest BCUT2D eigenvalue weighted by atomic mass is 10.1. The summed E-state index contributed by atoms with van der Waals surface area (Å²) < 4.78 is 11.4. The predicted molar refractivity (Wildman–Crippen MR) is 95.8 cm³/mol. The first-order valence-corrected chi connectivity index (χ1v) is 8.36. The lowest BCUT2D eigenvalue weighted by molar-refractivity contribution is 0.0472. The zero-order chi connectivity index (χ0) is 17.7. The number of ether oxygens (including phenoxy) is 2. The quantitative estimate of drug-likeness (QED) is 0.779. The molecule has 0 unspecified atom stereocenters. The molecule has 0 aromatic heterocycles. The standard InChI is InChI=1S/C17H27BrN2O3/c1-16(2,3)23-15(21)20-17(4,5)11-19-10-12-7-8-14(22-6)13(18)9-12/h7-9,19H,10-11H2,1-6H3,(H,20,21). The Kier molecular flexibility index (Phi) is 6.89. The highest BCUT2D eigenvalue weighted by Crippen LogP contribution is 2.25. The molecule has 0 saturated heterocycles. The molecule has 2 N–H and O–H groups in total. The minimum Gasteiger partial charge on any atom is -0.496 e. The fourth-order valence-electron chi connectivity index (χ4n) is 1.96. The van der Waals surface area contributed by atoms with E-state index in [1.54, 1.807) is 7.11 Å². The van der Waals surface area contributed by atoms with E-state index in [1.807, 2.05) is 52.8 Å². The normalized spacial score (nSPS) is 12.0. The molecule has 0 atom stereocenters. The molecule has 0 spiro atoms. The molecule has 0 fully saturated rings. The molecule has 23 heavy (non-hydrogen) atoms. The fourth-order valence-corrected chi connectivity index (χ4v) is 2.55. The zero-order valence-electron chi connectivity index (χ0n) is 14.7. The summed E-state index contributed by atoms with van der Waals surface area (Å²) in [5.41, 5.74) is 0.223. The molecular weight excluding hydrogens is 360 g/mol. The van der Waals surface area contributed by atoms with Crippen molar-refractivity contribution >= 4 is 22.0 Å². The molecule has 1 rings (SSSR count). The van der Waals surface area contributed by atoms with E-state index in [4.69, 9.17) is 9.47 Å². The number of nitrogens with one attached hydrogen (secondary N) is 2. The third-order valence-electron chi connectivity index (χ3n) is 2.95. The van der Waals surface area contributed by atoms with Gasteiger partial charge in [0.1, 0.15) is 11.4 Å². The highest BCUT2D eigenvalue weighted by atomic mass is 79.9. The first-order chi connectivity index (χ1) is 10.5. The van der Waals surface area contributed by atoms with Gasteiger partial charge < -0.3 is 20.1 Å².